The average Bonchev–Trinajstić information content (AvgIpc) is 2.35. The fourth-order valence-corrected chi connectivity index (χ4v) is 1.49. The quantitative estimate of drug-likeness (QED) is 0.596. The minimum atomic E-state index is -0.892. The van der Waals surface area contributed by atoms with Crippen LogP contribution in [-0.4, -0.2) is 54.1 Å². The lowest BCUT2D eigenvalue weighted by Crippen LogP contribution is -2.47. The van der Waals surface area contributed by atoms with E-state index in [9.17, 15) is 14.4 Å². The summed E-state index contributed by atoms with van der Waals surface area (Å²) in [6.07, 6.45) is 1.11. The maximum absolute atomic E-state index is 11.9. The summed E-state index contributed by atoms with van der Waals surface area (Å²) in [7, 11) is 1.51. The molecule has 0 saturated heterocycles. The Morgan fingerprint density at radius 2 is 1.95 bits per heavy atom. The number of carboxylic acid groups (broad SMARTS) is 1. The van der Waals surface area contributed by atoms with Crippen LogP contribution >= 0.6 is 0 Å². The first-order valence-corrected chi connectivity index (χ1v) is 6.38. The average molecular weight is 273 g/mol. The molecule has 0 radical (unpaired) electrons. The lowest BCUT2D eigenvalue weighted by Gasteiger charge is -2.24. The molecular formula is C12H23N3O4. The Kier molecular flexibility index (Phi) is 8.32. The number of hydrogen-bond donors (Lipinski definition) is 3. The topological polar surface area (TPSA) is 98.7 Å². The van der Waals surface area contributed by atoms with E-state index >= 15 is 0 Å². The number of nitrogens with one attached hydrogen (secondary N) is 2. The first-order valence-electron chi connectivity index (χ1n) is 6.38. The van der Waals surface area contributed by atoms with Crippen molar-refractivity contribution in [2.75, 3.05) is 20.1 Å². The summed E-state index contributed by atoms with van der Waals surface area (Å²) in [5, 5.41) is 13.7. The van der Waals surface area contributed by atoms with Gasteiger partial charge in [-0.2, -0.15) is 0 Å². The van der Waals surface area contributed by atoms with Crippen molar-refractivity contribution in [2.45, 2.75) is 39.2 Å². The normalized spacial score (nSPS) is 11.5. The number of carbonyl (C=O) groups is 3. The molecule has 0 heterocycles. The van der Waals surface area contributed by atoms with Crippen molar-refractivity contribution in [3.8, 4) is 0 Å². The third kappa shape index (κ3) is 8.01. The smallest absolute Gasteiger partial charge is 0.318 e. The second-order valence-corrected chi connectivity index (χ2v) is 4.38. The molecule has 0 aliphatic heterocycles. The first-order chi connectivity index (χ1) is 8.90. The number of carboxylic acids is 1. The lowest BCUT2D eigenvalue weighted by molar-refractivity contribution is -0.137. The van der Waals surface area contributed by atoms with Crippen LogP contribution in [0.3, 0.4) is 0 Å². The Morgan fingerprint density at radius 1 is 1.32 bits per heavy atom. The first kappa shape index (κ1) is 17.2. The summed E-state index contributed by atoms with van der Waals surface area (Å²) in [6.45, 7) is 4.13. The molecule has 3 N–H and O–H groups in total. The van der Waals surface area contributed by atoms with Gasteiger partial charge in [-0.1, -0.05) is 6.92 Å². The van der Waals surface area contributed by atoms with E-state index in [-0.39, 0.29) is 30.9 Å². The van der Waals surface area contributed by atoms with Crippen molar-refractivity contribution in [3.63, 3.8) is 0 Å². The molecule has 3 amide bonds. The van der Waals surface area contributed by atoms with Crippen LogP contribution in [0.1, 0.15) is 33.1 Å². The number of rotatable bonds is 8. The SMILES string of the molecule is CCCN(CC(=O)NC)C(=O)NC(C)CCC(=O)O. The zero-order chi connectivity index (χ0) is 14.8. The van der Waals surface area contributed by atoms with Crippen LogP contribution in [0, 0.1) is 0 Å². The zero-order valence-electron chi connectivity index (χ0n) is 11.7. The lowest BCUT2D eigenvalue weighted by atomic mass is 10.2. The molecule has 0 spiro atoms. The molecule has 0 fully saturated rings. The molecule has 110 valence electrons. The highest BCUT2D eigenvalue weighted by Crippen LogP contribution is 1.99. The van der Waals surface area contributed by atoms with Crippen LogP contribution in [0.25, 0.3) is 0 Å². The summed E-state index contributed by atoms with van der Waals surface area (Å²) in [5.74, 6) is -1.13. The van der Waals surface area contributed by atoms with Crippen molar-refractivity contribution < 1.29 is 19.5 Å². The summed E-state index contributed by atoms with van der Waals surface area (Å²) >= 11 is 0. The molecule has 0 bridgehead atoms. The predicted molar refractivity (Wildman–Crippen MR) is 70.8 cm³/mol. The van der Waals surface area contributed by atoms with E-state index in [0.29, 0.717) is 13.0 Å². The molecule has 0 aromatic rings. The second-order valence-electron chi connectivity index (χ2n) is 4.38. The monoisotopic (exact) mass is 273 g/mol. The van der Waals surface area contributed by atoms with Gasteiger partial charge in [0, 0.05) is 26.1 Å². The summed E-state index contributed by atoms with van der Waals surface area (Å²) in [4.78, 5) is 35.1. The van der Waals surface area contributed by atoms with Crippen molar-refractivity contribution in [1.82, 2.24) is 15.5 Å². The molecular weight excluding hydrogens is 250 g/mol. The van der Waals surface area contributed by atoms with Crippen LogP contribution in [-0.2, 0) is 9.59 Å². The van der Waals surface area contributed by atoms with Crippen LogP contribution < -0.4 is 10.6 Å². The van der Waals surface area contributed by atoms with E-state index < -0.39 is 5.97 Å². The van der Waals surface area contributed by atoms with E-state index in [1.807, 2.05) is 6.92 Å². The fourth-order valence-electron chi connectivity index (χ4n) is 1.49. The maximum atomic E-state index is 11.9. The van der Waals surface area contributed by atoms with Crippen LogP contribution in [0.4, 0.5) is 4.79 Å². The predicted octanol–water partition coefficient (Wildman–Crippen LogP) is 0.407. The molecule has 19 heavy (non-hydrogen) atoms. The van der Waals surface area contributed by atoms with Crippen molar-refractivity contribution in [1.29, 1.82) is 0 Å². The van der Waals surface area contributed by atoms with Gasteiger partial charge in [0.25, 0.3) is 0 Å². The molecule has 7 heteroatoms. The summed E-state index contributed by atoms with van der Waals surface area (Å²) in [6, 6.07) is -0.587. The number of carbonyl (C=O) groups excluding carboxylic acids is 2. The molecule has 7 nitrogen and oxygen atoms in total. The zero-order valence-corrected chi connectivity index (χ0v) is 11.7. The van der Waals surface area contributed by atoms with E-state index in [2.05, 4.69) is 10.6 Å². The van der Waals surface area contributed by atoms with E-state index in [1.165, 1.54) is 11.9 Å². The standard InChI is InChI=1S/C12H23N3O4/c1-4-7-15(8-10(16)13-3)12(19)14-9(2)5-6-11(17)18/h9H,4-8H2,1-3H3,(H,13,16)(H,14,19)(H,17,18). The Labute approximate surface area is 113 Å². The van der Waals surface area contributed by atoms with Crippen LogP contribution in [0.2, 0.25) is 0 Å². The number of urea groups is 1. The number of likely N-dealkylation sites (N-methyl/N-ethyl adjacent to an activating group) is 1. The summed E-state index contributed by atoms with van der Waals surface area (Å²) in [5.41, 5.74) is 0. The van der Waals surface area contributed by atoms with Crippen molar-refractivity contribution >= 4 is 17.9 Å². The number of nitrogens with zero attached hydrogens (tertiary/aromatic N) is 1. The van der Waals surface area contributed by atoms with E-state index in [0.717, 1.165) is 6.42 Å². The van der Waals surface area contributed by atoms with Crippen molar-refractivity contribution in [2.24, 2.45) is 0 Å². The Morgan fingerprint density at radius 3 is 2.42 bits per heavy atom. The largest absolute Gasteiger partial charge is 0.481 e. The summed E-state index contributed by atoms with van der Waals surface area (Å²) < 4.78 is 0. The van der Waals surface area contributed by atoms with Gasteiger partial charge in [0.2, 0.25) is 5.91 Å². The Hall–Kier alpha value is -1.79. The van der Waals surface area contributed by atoms with Crippen LogP contribution in [0.5, 0.6) is 0 Å². The Balaban J connectivity index is 4.30. The number of aliphatic carboxylic acids is 1. The molecule has 0 rings (SSSR count). The van der Waals surface area contributed by atoms with Gasteiger partial charge in [-0.25, -0.2) is 4.79 Å². The minimum absolute atomic E-state index is 0.00181. The maximum Gasteiger partial charge on any atom is 0.318 e. The van der Waals surface area contributed by atoms with Gasteiger partial charge in [0.05, 0.1) is 0 Å². The third-order valence-corrected chi connectivity index (χ3v) is 2.56. The van der Waals surface area contributed by atoms with E-state index in [4.69, 9.17) is 5.11 Å². The Bertz CT molecular complexity index is 320. The number of amides is 3. The van der Waals surface area contributed by atoms with Crippen LogP contribution in [0.15, 0.2) is 0 Å². The van der Waals surface area contributed by atoms with Gasteiger partial charge in [0.1, 0.15) is 6.54 Å². The molecule has 0 aromatic heterocycles. The van der Waals surface area contributed by atoms with Gasteiger partial charge in [-0.3, -0.25) is 9.59 Å². The molecule has 1 atom stereocenters. The highest BCUT2D eigenvalue weighted by molar-refractivity contribution is 5.83. The van der Waals surface area contributed by atoms with Gasteiger partial charge in [0.15, 0.2) is 0 Å². The van der Waals surface area contributed by atoms with E-state index in [1.54, 1.807) is 6.92 Å². The van der Waals surface area contributed by atoms with Gasteiger partial charge in [-0.15, -0.1) is 0 Å². The van der Waals surface area contributed by atoms with Crippen molar-refractivity contribution in [3.05, 3.63) is 0 Å². The fraction of sp³-hybridized carbons (Fsp3) is 0.750. The molecule has 0 saturated carbocycles. The molecule has 0 aliphatic carbocycles. The second kappa shape index (κ2) is 9.18. The highest BCUT2D eigenvalue weighted by Gasteiger charge is 2.17. The van der Waals surface area contributed by atoms with Gasteiger partial charge in [-0.05, 0) is 19.8 Å². The van der Waals surface area contributed by atoms with Gasteiger partial charge < -0.3 is 20.6 Å². The number of hydrogen-bond acceptors (Lipinski definition) is 3. The molecule has 1 unspecified atom stereocenters. The van der Waals surface area contributed by atoms with Gasteiger partial charge >= 0.3 is 12.0 Å². The molecule has 0 aliphatic rings. The minimum Gasteiger partial charge on any atom is -0.481 e. The third-order valence-electron chi connectivity index (χ3n) is 2.56. The highest BCUT2D eigenvalue weighted by atomic mass is 16.4. The molecule has 0 aromatic carbocycles.